The van der Waals surface area contributed by atoms with Crippen LogP contribution in [-0.2, 0) is 6.54 Å². The van der Waals surface area contributed by atoms with E-state index >= 15 is 0 Å². The average molecular weight is 284 g/mol. The van der Waals surface area contributed by atoms with Gasteiger partial charge in [0.2, 0.25) is 0 Å². The average Bonchev–Trinajstić information content (AvgIpc) is 2.17. The summed E-state index contributed by atoms with van der Waals surface area (Å²) in [6.45, 7) is 5.07. The van der Waals surface area contributed by atoms with Crippen LogP contribution in [0, 0.1) is 12.8 Å². The maximum Gasteiger partial charge on any atom is 0.134 e. The summed E-state index contributed by atoms with van der Waals surface area (Å²) in [5.41, 5.74) is 2.15. The number of rotatable bonds is 3. The van der Waals surface area contributed by atoms with Crippen molar-refractivity contribution in [3.63, 3.8) is 0 Å². The standard InChI is InChI=1S/C13H18BrNO/c1-8-3-10(13(16)12(14)6-8)7-15-11-4-9(2)5-11/h3,6,9,11,15-16H,4-5,7H2,1-2H3. The highest BCUT2D eigenvalue weighted by Gasteiger charge is 2.24. The smallest absolute Gasteiger partial charge is 0.134 e. The molecule has 0 atom stereocenters. The van der Waals surface area contributed by atoms with Crippen LogP contribution in [0.15, 0.2) is 16.6 Å². The van der Waals surface area contributed by atoms with E-state index in [0.29, 0.717) is 11.8 Å². The Labute approximate surface area is 105 Å². The highest BCUT2D eigenvalue weighted by Crippen LogP contribution is 2.31. The summed E-state index contributed by atoms with van der Waals surface area (Å²) in [6, 6.07) is 4.60. The summed E-state index contributed by atoms with van der Waals surface area (Å²) in [5.74, 6) is 1.22. The Kier molecular flexibility index (Phi) is 3.55. The zero-order valence-electron chi connectivity index (χ0n) is 9.76. The lowest BCUT2D eigenvalue weighted by Crippen LogP contribution is -2.39. The molecule has 1 aromatic carbocycles. The van der Waals surface area contributed by atoms with Crippen molar-refractivity contribution in [2.24, 2.45) is 5.92 Å². The minimum absolute atomic E-state index is 0.366. The number of hydrogen-bond acceptors (Lipinski definition) is 2. The Morgan fingerprint density at radius 1 is 1.44 bits per heavy atom. The molecule has 16 heavy (non-hydrogen) atoms. The lowest BCUT2D eigenvalue weighted by Gasteiger charge is -2.33. The van der Waals surface area contributed by atoms with E-state index in [2.05, 4.69) is 28.2 Å². The molecule has 1 saturated carbocycles. The molecule has 0 saturated heterocycles. The fourth-order valence-electron chi connectivity index (χ4n) is 2.26. The molecule has 0 unspecified atom stereocenters. The Morgan fingerprint density at radius 2 is 2.12 bits per heavy atom. The van der Waals surface area contributed by atoms with E-state index in [1.54, 1.807) is 0 Å². The molecule has 0 aliphatic heterocycles. The Balaban J connectivity index is 1.98. The first kappa shape index (κ1) is 11.9. The first-order valence-corrected chi connectivity index (χ1v) is 6.57. The molecule has 0 radical (unpaired) electrons. The van der Waals surface area contributed by atoms with Crippen molar-refractivity contribution < 1.29 is 5.11 Å². The van der Waals surface area contributed by atoms with Crippen LogP contribution in [0.3, 0.4) is 0 Å². The van der Waals surface area contributed by atoms with Crippen molar-refractivity contribution in [3.05, 3.63) is 27.7 Å². The third-order valence-electron chi connectivity index (χ3n) is 3.24. The second-order valence-electron chi connectivity index (χ2n) is 4.91. The van der Waals surface area contributed by atoms with Gasteiger partial charge in [0.1, 0.15) is 5.75 Å². The number of aromatic hydroxyl groups is 1. The van der Waals surface area contributed by atoms with Crippen LogP contribution >= 0.6 is 15.9 Å². The zero-order chi connectivity index (χ0) is 11.7. The molecule has 1 fully saturated rings. The minimum atomic E-state index is 0.366. The maximum absolute atomic E-state index is 9.89. The van der Waals surface area contributed by atoms with Crippen LogP contribution in [0.4, 0.5) is 0 Å². The number of phenolic OH excluding ortho intramolecular Hbond substituents is 1. The van der Waals surface area contributed by atoms with Crippen LogP contribution in [0.25, 0.3) is 0 Å². The van der Waals surface area contributed by atoms with Gasteiger partial charge in [-0.15, -0.1) is 0 Å². The first-order chi connectivity index (χ1) is 7.56. The topological polar surface area (TPSA) is 32.3 Å². The summed E-state index contributed by atoms with van der Waals surface area (Å²) in [7, 11) is 0. The molecule has 88 valence electrons. The van der Waals surface area contributed by atoms with Gasteiger partial charge in [0.05, 0.1) is 4.47 Å². The molecule has 2 rings (SSSR count). The largest absolute Gasteiger partial charge is 0.506 e. The van der Waals surface area contributed by atoms with Gasteiger partial charge in [0, 0.05) is 18.2 Å². The van der Waals surface area contributed by atoms with Crippen molar-refractivity contribution in [2.75, 3.05) is 0 Å². The molecule has 0 bridgehead atoms. The molecule has 0 amide bonds. The van der Waals surface area contributed by atoms with Crippen LogP contribution in [0.1, 0.15) is 30.9 Å². The third kappa shape index (κ3) is 2.58. The monoisotopic (exact) mass is 283 g/mol. The highest BCUT2D eigenvalue weighted by molar-refractivity contribution is 9.10. The van der Waals surface area contributed by atoms with Gasteiger partial charge >= 0.3 is 0 Å². The Hall–Kier alpha value is -0.540. The summed E-state index contributed by atoms with van der Waals surface area (Å²) in [4.78, 5) is 0. The van der Waals surface area contributed by atoms with Crippen LogP contribution in [0.2, 0.25) is 0 Å². The number of phenols is 1. The summed E-state index contributed by atoms with van der Waals surface area (Å²) in [6.07, 6.45) is 2.52. The number of aryl methyl sites for hydroxylation is 1. The van der Waals surface area contributed by atoms with Gasteiger partial charge in [-0.25, -0.2) is 0 Å². The second kappa shape index (κ2) is 4.76. The SMILES string of the molecule is Cc1cc(Br)c(O)c(CNC2CC(C)C2)c1. The van der Waals surface area contributed by atoms with Gasteiger partial charge in [-0.1, -0.05) is 13.0 Å². The van der Waals surface area contributed by atoms with Crippen molar-refractivity contribution in [1.29, 1.82) is 0 Å². The van der Waals surface area contributed by atoms with Crippen LogP contribution in [0.5, 0.6) is 5.75 Å². The molecule has 1 aliphatic carbocycles. The van der Waals surface area contributed by atoms with Crippen molar-refractivity contribution in [2.45, 2.75) is 39.3 Å². The van der Waals surface area contributed by atoms with Gasteiger partial charge in [-0.2, -0.15) is 0 Å². The van der Waals surface area contributed by atoms with E-state index in [1.165, 1.54) is 18.4 Å². The fraction of sp³-hybridized carbons (Fsp3) is 0.538. The first-order valence-electron chi connectivity index (χ1n) is 5.77. The van der Waals surface area contributed by atoms with Gasteiger partial charge in [-0.3, -0.25) is 0 Å². The number of nitrogens with one attached hydrogen (secondary N) is 1. The quantitative estimate of drug-likeness (QED) is 0.892. The molecule has 1 aliphatic rings. The van der Waals surface area contributed by atoms with E-state index in [0.717, 1.165) is 22.5 Å². The van der Waals surface area contributed by atoms with Gasteiger partial charge in [-0.05, 0) is 53.2 Å². The van der Waals surface area contributed by atoms with E-state index in [-0.39, 0.29) is 0 Å². The normalized spacial score (nSPS) is 24.2. The molecule has 2 nitrogen and oxygen atoms in total. The van der Waals surface area contributed by atoms with Gasteiger partial charge in [0.25, 0.3) is 0 Å². The number of halogens is 1. The van der Waals surface area contributed by atoms with E-state index in [4.69, 9.17) is 0 Å². The van der Waals surface area contributed by atoms with Crippen molar-refractivity contribution in [1.82, 2.24) is 5.32 Å². The predicted octanol–water partition coefficient (Wildman–Crippen LogP) is 3.35. The van der Waals surface area contributed by atoms with Gasteiger partial charge < -0.3 is 10.4 Å². The number of benzene rings is 1. The zero-order valence-corrected chi connectivity index (χ0v) is 11.3. The lowest BCUT2D eigenvalue weighted by molar-refractivity contribution is 0.239. The fourth-order valence-corrected chi connectivity index (χ4v) is 2.88. The minimum Gasteiger partial charge on any atom is -0.506 e. The molecular weight excluding hydrogens is 266 g/mol. The molecule has 3 heteroatoms. The molecule has 0 heterocycles. The summed E-state index contributed by atoms with van der Waals surface area (Å²) in [5, 5.41) is 13.4. The molecule has 2 N–H and O–H groups in total. The van der Waals surface area contributed by atoms with E-state index in [9.17, 15) is 5.11 Å². The lowest BCUT2D eigenvalue weighted by atomic mass is 9.82. The molecule has 0 spiro atoms. The number of hydrogen-bond donors (Lipinski definition) is 2. The maximum atomic E-state index is 9.89. The molecule has 0 aromatic heterocycles. The van der Waals surface area contributed by atoms with Gasteiger partial charge in [0.15, 0.2) is 0 Å². The van der Waals surface area contributed by atoms with E-state index < -0.39 is 0 Å². The molecular formula is C13H18BrNO. The third-order valence-corrected chi connectivity index (χ3v) is 3.85. The van der Waals surface area contributed by atoms with Crippen molar-refractivity contribution >= 4 is 15.9 Å². The Morgan fingerprint density at radius 3 is 2.75 bits per heavy atom. The predicted molar refractivity (Wildman–Crippen MR) is 69.6 cm³/mol. The van der Waals surface area contributed by atoms with E-state index in [1.807, 2.05) is 19.1 Å². The van der Waals surface area contributed by atoms with Crippen LogP contribution in [-0.4, -0.2) is 11.1 Å². The molecule has 1 aromatic rings. The summed E-state index contributed by atoms with van der Waals surface area (Å²) >= 11 is 3.37. The van der Waals surface area contributed by atoms with Crippen LogP contribution < -0.4 is 5.32 Å². The second-order valence-corrected chi connectivity index (χ2v) is 5.76. The van der Waals surface area contributed by atoms with Crippen molar-refractivity contribution in [3.8, 4) is 5.75 Å². The highest BCUT2D eigenvalue weighted by atomic mass is 79.9. The summed E-state index contributed by atoms with van der Waals surface area (Å²) < 4.78 is 0.784. The Bertz CT molecular complexity index is 386.